The van der Waals surface area contributed by atoms with Gasteiger partial charge in [0.2, 0.25) is 17.7 Å². The van der Waals surface area contributed by atoms with E-state index in [0.717, 1.165) is 0 Å². The monoisotopic (exact) mass is 568 g/mol. The van der Waals surface area contributed by atoms with Gasteiger partial charge in [0.15, 0.2) is 5.16 Å². The van der Waals surface area contributed by atoms with E-state index in [-0.39, 0.29) is 18.4 Å². The second kappa shape index (κ2) is 10.5. The first kappa shape index (κ1) is 27.2. The molecule has 2 aromatic carbocycles. The molecule has 4 heterocycles. The van der Waals surface area contributed by atoms with Gasteiger partial charge < -0.3 is 14.2 Å². The van der Waals surface area contributed by atoms with Crippen LogP contribution in [-0.4, -0.2) is 52.5 Å². The van der Waals surface area contributed by atoms with Crippen LogP contribution in [0.15, 0.2) is 47.6 Å². The van der Waals surface area contributed by atoms with Gasteiger partial charge in [-0.15, -0.1) is 6.42 Å². The molecule has 6 rings (SSSR count). The number of thioether (sulfide) groups is 1. The van der Waals surface area contributed by atoms with Crippen LogP contribution in [0, 0.1) is 35.5 Å². The molecule has 3 aliphatic heterocycles. The number of nitrogens with zero attached hydrogens (tertiary/aromatic N) is 4. The lowest BCUT2D eigenvalue weighted by molar-refractivity contribution is -0.131. The van der Waals surface area contributed by atoms with Crippen LogP contribution < -0.4 is 9.64 Å². The van der Waals surface area contributed by atoms with E-state index in [0.29, 0.717) is 70.4 Å². The largest absolute Gasteiger partial charge is 0.477 e. The lowest BCUT2D eigenvalue weighted by Crippen LogP contribution is -2.43. The van der Waals surface area contributed by atoms with Crippen LogP contribution in [-0.2, 0) is 25.7 Å². The Labute approximate surface area is 242 Å². The summed E-state index contributed by atoms with van der Waals surface area (Å²) in [6.45, 7) is 2.47. The molecule has 0 radical (unpaired) electrons. The van der Waals surface area contributed by atoms with Gasteiger partial charge in [-0.05, 0) is 31.9 Å². The molecule has 9 nitrogen and oxygen atoms in total. The van der Waals surface area contributed by atoms with Crippen LogP contribution in [0.1, 0.15) is 37.4 Å². The van der Waals surface area contributed by atoms with Crippen LogP contribution in [0.2, 0.25) is 0 Å². The van der Waals surface area contributed by atoms with E-state index >= 15 is 0 Å². The highest BCUT2D eigenvalue weighted by atomic mass is 32.2. The fraction of sp³-hybridized carbons (Fsp3) is 0.387. The van der Waals surface area contributed by atoms with Crippen molar-refractivity contribution in [1.29, 1.82) is 5.26 Å². The van der Waals surface area contributed by atoms with E-state index in [1.54, 1.807) is 25.3 Å². The second-order valence-electron chi connectivity index (χ2n) is 10.7. The zero-order valence-electron chi connectivity index (χ0n) is 22.8. The van der Waals surface area contributed by atoms with Gasteiger partial charge in [-0.3, -0.25) is 9.59 Å². The standard InChI is InChI=1S/C31H28N4O5S/c1-4-15-41-29-33-20(18-38-3)16-24(34-29)39-14-13-31-12-11-30(2,40-31)25-26(31)28(37)35(27(25)36)23-10-9-19(17-32)21-7-5-6-8-22(21)23/h1,5-10,16,25-26H,11-15,18H2,2-3H3. The van der Waals surface area contributed by atoms with Crippen molar-refractivity contribution in [2.45, 2.75) is 49.2 Å². The molecule has 0 aliphatic carbocycles. The Balaban J connectivity index is 1.27. The van der Waals surface area contributed by atoms with Gasteiger partial charge in [0.1, 0.15) is 0 Å². The summed E-state index contributed by atoms with van der Waals surface area (Å²) in [5.74, 6) is 1.65. The number of imide groups is 1. The van der Waals surface area contributed by atoms with Gasteiger partial charge in [-0.2, -0.15) is 10.2 Å². The van der Waals surface area contributed by atoms with Crippen molar-refractivity contribution in [3.05, 3.63) is 53.7 Å². The first-order valence-corrected chi connectivity index (χ1v) is 14.4. The predicted octanol–water partition coefficient (Wildman–Crippen LogP) is 4.27. The normalized spacial score (nSPS) is 26.3. The van der Waals surface area contributed by atoms with Crippen molar-refractivity contribution in [3.8, 4) is 24.3 Å². The number of anilines is 1. The zero-order valence-corrected chi connectivity index (χ0v) is 23.6. The van der Waals surface area contributed by atoms with Crippen molar-refractivity contribution in [1.82, 2.24) is 9.97 Å². The molecule has 4 atom stereocenters. The minimum Gasteiger partial charge on any atom is -0.477 e. The molecule has 0 spiro atoms. The maximum atomic E-state index is 14.1. The van der Waals surface area contributed by atoms with Gasteiger partial charge in [-0.25, -0.2) is 9.88 Å². The molecular formula is C31H28N4O5S. The summed E-state index contributed by atoms with van der Waals surface area (Å²) < 4.78 is 17.9. The van der Waals surface area contributed by atoms with Gasteiger partial charge in [0.25, 0.3) is 0 Å². The highest BCUT2D eigenvalue weighted by Crippen LogP contribution is 2.62. The highest BCUT2D eigenvalue weighted by molar-refractivity contribution is 7.99. The van der Waals surface area contributed by atoms with E-state index in [1.807, 2.05) is 31.2 Å². The molecule has 0 N–H and O–H groups in total. The third-order valence-electron chi connectivity index (χ3n) is 8.36. The third kappa shape index (κ3) is 4.43. The zero-order chi connectivity index (χ0) is 28.8. The number of fused-ring (bicyclic) bond motifs is 6. The molecular weight excluding hydrogens is 540 g/mol. The van der Waals surface area contributed by atoms with Crippen LogP contribution in [0.3, 0.4) is 0 Å². The number of hydrogen-bond donors (Lipinski definition) is 0. The minimum absolute atomic E-state index is 0.239. The molecule has 41 heavy (non-hydrogen) atoms. The molecule has 3 fully saturated rings. The molecule has 208 valence electrons. The Morgan fingerprint density at radius 1 is 1.15 bits per heavy atom. The van der Waals surface area contributed by atoms with Crippen molar-refractivity contribution >= 4 is 40.0 Å². The molecule has 10 heteroatoms. The minimum atomic E-state index is -0.827. The number of rotatable bonds is 9. The quantitative estimate of drug-likeness (QED) is 0.162. The molecule has 4 unspecified atom stereocenters. The number of aromatic nitrogens is 2. The topological polar surface area (TPSA) is 115 Å². The van der Waals surface area contributed by atoms with E-state index in [4.69, 9.17) is 20.6 Å². The number of methoxy groups -OCH3 is 1. The summed E-state index contributed by atoms with van der Waals surface area (Å²) in [5, 5.41) is 11.5. The van der Waals surface area contributed by atoms with Crippen LogP contribution in [0.4, 0.5) is 5.69 Å². The van der Waals surface area contributed by atoms with Crippen molar-refractivity contribution in [2.24, 2.45) is 11.8 Å². The van der Waals surface area contributed by atoms with E-state index in [9.17, 15) is 14.9 Å². The Morgan fingerprint density at radius 2 is 1.93 bits per heavy atom. The number of amides is 2. The summed E-state index contributed by atoms with van der Waals surface area (Å²) in [6.07, 6.45) is 7.13. The van der Waals surface area contributed by atoms with Gasteiger partial charge in [0.05, 0.1) is 65.0 Å². The SMILES string of the molecule is C#CCSc1nc(COC)cc(OCCC23CCC(C)(O2)C2C(=O)N(c4ccc(C#N)c5ccccc45)C(=O)C23)n1. The summed E-state index contributed by atoms with van der Waals surface area (Å²) >= 11 is 1.33. The molecule has 3 aromatic rings. The van der Waals surface area contributed by atoms with Gasteiger partial charge in [0, 0.05) is 30.4 Å². The summed E-state index contributed by atoms with van der Waals surface area (Å²) in [4.78, 5) is 38.3. The van der Waals surface area contributed by atoms with Gasteiger partial charge in [-0.1, -0.05) is 41.9 Å². The molecule has 3 saturated heterocycles. The van der Waals surface area contributed by atoms with Crippen molar-refractivity contribution in [2.75, 3.05) is 24.4 Å². The predicted molar refractivity (Wildman–Crippen MR) is 152 cm³/mol. The van der Waals surface area contributed by atoms with Crippen LogP contribution in [0.25, 0.3) is 10.8 Å². The number of benzene rings is 2. The Kier molecular flexibility index (Phi) is 6.95. The molecule has 2 bridgehead atoms. The Hall–Kier alpha value is -3.96. The van der Waals surface area contributed by atoms with E-state index in [2.05, 4.69) is 22.0 Å². The first-order chi connectivity index (χ1) is 19.8. The number of carbonyl (C=O) groups excluding carboxylic acids is 2. The molecule has 2 amide bonds. The van der Waals surface area contributed by atoms with Gasteiger partial charge >= 0.3 is 0 Å². The average Bonchev–Trinajstić information content (AvgIpc) is 3.55. The van der Waals surface area contributed by atoms with E-state index in [1.165, 1.54) is 16.7 Å². The lowest BCUT2D eigenvalue weighted by atomic mass is 9.67. The van der Waals surface area contributed by atoms with Crippen LogP contribution in [0.5, 0.6) is 5.88 Å². The number of carbonyl (C=O) groups is 2. The molecule has 3 aliphatic rings. The molecule has 1 aromatic heterocycles. The number of terminal acetylenes is 1. The fourth-order valence-electron chi connectivity index (χ4n) is 6.67. The van der Waals surface area contributed by atoms with Crippen molar-refractivity contribution < 1.29 is 23.8 Å². The number of nitriles is 1. The summed E-state index contributed by atoms with van der Waals surface area (Å²) in [7, 11) is 1.59. The Morgan fingerprint density at radius 3 is 2.68 bits per heavy atom. The van der Waals surface area contributed by atoms with Crippen LogP contribution >= 0.6 is 11.8 Å². The molecule has 0 saturated carbocycles. The maximum Gasteiger partial charge on any atom is 0.240 e. The lowest BCUT2D eigenvalue weighted by Gasteiger charge is -2.31. The fourth-order valence-corrected chi connectivity index (χ4v) is 7.22. The highest BCUT2D eigenvalue weighted by Gasteiger charge is 2.73. The van der Waals surface area contributed by atoms with Crippen molar-refractivity contribution in [3.63, 3.8) is 0 Å². The number of hydrogen-bond acceptors (Lipinski definition) is 9. The third-order valence-corrected chi connectivity index (χ3v) is 9.11. The first-order valence-electron chi connectivity index (χ1n) is 13.4. The second-order valence-corrected chi connectivity index (χ2v) is 11.7. The smallest absolute Gasteiger partial charge is 0.240 e. The van der Waals surface area contributed by atoms with E-state index < -0.39 is 23.0 Å². The average molecular weight is 569 g/mol. The number of ether oxygens (including phenoxy) is 3. The maximum absolute atomic E-state index is 14.1. The summed E-state index contributed by atoms with van der Waals surface area (Å²) in [6, 6.07) is 14.6. The Bertz CT molecular complexity index is 1650. The summed E-state index contributed by atoms with van der Waals surface area (Å²) in [5.41, 5.74) is 0.0949.